The van der Waals surface area contributed by atoms with Gasteiger partial charge in [0.2, 0.25) is 19.9 Å². The molecule has 0 fully saturated rings. The van der Waals surface area contributed by atoms with Crippen LogP contribution in [0.2, 0.25) is 0 Å². The molecule has 0 amide bonds. The number of sulfonamides is 1. The zero-order valence-electron chi connectivity index (χ0n) is 17.5. The van der Waals surface area contributed by atoms with E-state index in [2.05, 4.69) is 0 Å². The summed E-state index contributed by atoms with van der Waals surface area (Å²) in [6.07, 6.45) is 0.197. The van der Waals surface area contributed by atoms with Gasteiger partial charge in [-0.2, -0.15) is 0 Å². The van der Waals surface area contributed by atoms with Crippen LogP contribution in [0, 0.1) is 19.7 Å². The molecule has 8 heteroatoms. The summed E-state index contributed by atoms with van der Waals surface area (Å²) in [5, 5.41) is 0. The van der Waals surface area contributed by atoms with Crippen molar-refractivity contribution in [3.05, 3.63) is 89.2 Å². The monoisotopic (exact) mass is 461 g/mol. The molecule has 0 aromatic heterocycles. The molecule has 0 atom stereocenters. The van der Waals surface area contributed by atoms with Crippen LogP contribution >= 0.6 is 0 Å². The van der Waals surface area contributed by atoms with Crippen LogP contribution in [0.4, 0.5) is 4.39 Å². The number of likely N-dealkylation sites (N-methyl/N-ethyl adjacent to an activating group) is 1. The smallest absolute Gasteiger partial charge is 0.219 e. The summed E-state index contributed by atoms with van der Waals surface area (Å²) in [6.45, 7) is 3.52. The van der Waals surface area contributed by atoms with E-state index in [1.54, 1.807) is 37.3 Å². The van der Waals surface area contributed by atoms with E-state index < -0.39 is 25.7 Å². The first-order valence-electron chi connectivity index (χ1n) is 9.65. The topological polar surface area (TPSA) is 71.5 Å². The van der Waals surface area contributed by atoms with E-state index >= 15 is 0 Å². The second kappa shape index (κ2) is 8.90. The van der Waals surface area contributed by atoms with Crippen molar-refractivity contribution in [1.82, 2.24) is 4.31 Å². The second-order valence-electron chi connectivity index (χ2n) is 7.41. The van der Waals surface area contributed by atoms with Gasteiger partial charge in [-0.25, -0.2) is 25.5 Å². The highest BCUT2D eigenvalue weighted by Crippen LogP contribution is 2.27. The van der Waals surface area contributed by atoms with E-state index in [1.807, 2.05) is 6.92 Å². The molecule has 0 unspecified atom stereocenters. The predicted octanol–water partition coefficient (Wildman–Crippen LogP) is 4.14. The van der Waals surface area contributed by atoms with Gasteiger partial charge in [0.25, 0.3) is 0 Å². The van der Waals surface area contributed by atoms with Gasteiger partial charge in [0.15, 0.2) is 0 Å². The molecular formula is C23H24FNO4S2. The number of hydrogen-bond acceptors (Lipinski definition) is 4. The van der Waals surface area contributed by atoms with Gasteiger partial charge in [0.1, 0.15) is 5.82 Å². The molecule has 0 radical (unpaired) electrons. The Bertz CT molecular complexity index is 1300. The van der Waals surface area contributed by atoms with Crippen molar-refractivity contribution in [2.75, 3.05) is 13.6 Å². The molecule has 3 aromatic rings. The quantitative estimate of drug-likeness (QED) is 0.530. The molecule has 164 valence electrons. The van der Waals surface area contributed by atoms with E-state index in [0.29, 0.717) is 11.1 Å². The molecule has 0 aliphatic heterocycles. The minimum atomic E-state index is -3.98. The zero-order valence-corrected chi connectivity index (χ0v) is 19.2. The van der Waals surface area contributed by atoms with Crippen LogP contribution in [0.1, 0.15) is 16.7 Å². The number of sulfone groups is 1. The van der Waals surface area contributed by atoms with Crippen LogP contribution in [0.5, 0.6) is 0 Å². The van der Waals surface area contributed by atoms with Gasteiger partial charge in [0, 0.05) is 13.6 Å². The fraction of sp³-hybridized carbons (Fsp3) is 0.217. The van der Waals surface area contributed by atoms with Crippen molar-refractivity contribution >= 4 is 19.9 Å². The van der Waals surface area contributed by atoms with Gasteiger partial charge >= 0.3 is 0 Å². The van der Waals surface area contributed by atoms with Crippen LogP contribution in [-0.2, 0) is 26.3 Å². The molecular weight excluding hydrogens is 437 g/mol. The number of halogens is 1. The Labute approximate surface area is 183 Å². The molecule has 0 aliphatic rings. The van der Waals surface area contributed by atoms with Crippen molar-refractivity contribution in [2.45, 2.75) is 35.0 Å². The summed E-state index contributed by atoms with van der Waals surface area (Å²) in [5.41, 5.74) is 1.76. The van der Waals surface area contributed by atoms with Crippen LogP contribution in [0.3, 0.4) is 0 Å². The maximum atomic E-state index is 13.9. The van der Waals surface area contributed by atoms with E-state index in [-0.39, 0.29) is 27.7 Å². The lowest BCUT2D eigenvalue weighted by atomic mass is 10.1. The average Bonchev–Trinajstić information content (AvgIpc) is 2.73. The summed E-state index contributed by atoms with van der Waals surface area (Å²) < 4.78 is 67.3. The summed E-state index contributed by atoms with van der Waals surface area (Å²) >= 11 is 0. The van der Waals surface area contributed by atoms with E-state index in [4.69, 9.17) is 0 Å². The first-order chi connectivity index (χ1) is 14.5. The van der Waals surface area contributed by atoms with Gasteiger partial charge in [-0.05, 0) is 61.7 Å². The number of benzene rings is 3. The highest BCUT2D eigenvalue weighted by atomic mass is 32.2. The van der Waals surface area contributed by atoms with Gasteiger partial charge in [-0.3, -0.25) is 0 Å². The lowest BCUT2D eigenvalue weighted by Gasteiger charge is -2.19. The van der Waals surface area contributed by atoms with Crippen LogP contribution in [-0.4, -0.2) is 34.7 Å². The largest absolute Gasteiger partial charge is 0.243 e. The fourth-order valence-corrected chi connectivity index (χ4v) is 5.93. The van der Waals surface area contributed by atoms with Crippen molar-refractivity contribution in [1.29, 1.82) is 0 Å². The number of rotatable bonds is 7. The molecule has 0 spiro atoms. The lowest BCUT2D eigenvalue weighted by Crippen LogP contribution is -2.30. The molecule has 3 aromatic carbocycles. The first-order valence-corrected chi connectivity index (χ1v) is 12.6. The molecule has 5 nitrogen and oxygen atoms in total. The third-order valence-electron chi connectivity index (χ3n) is 5.14. The molecule has 0 heterocycles. The van der Waals surface area contributed by atoms with Crippen LogP contribution in [0.15, 0.2) is 81.4 Å². The summed E-state index contributed by atoms with van der Waals surface area (Å²) in [5.74, 6) is -0.393. The predicted molar refractivity (Wildman–Crippen MR) is 118 cm³/mol. The Morgan fingerprint density at radius 3 is 2.10 bits per heavy atom. The number of aryl methyl sites for hydroxylation is 2. The van der Waals surface area contributed by atoms with Gasteiger partial charge in [-0.1, -0.05) is 42.0 Å². The highest BCUT2D eigenvalue weighted by Gasteiger charge is 2.26. The van der Waals surface area contributed by atoms with Crippen LogP contribution in [0.25, 0.3) is 0 Å². The Morgan fingerprint density at radius 1 is 0.839 bits per heavy atom. The van der Waals surface area contributed by atoms with Gasteiger partial charge in [0.05, 0.1) is 14.7 Å². The summed E-state index contributed by atoms with van der Waals surface area (Å²) in [6, 6.07) is 16.7. The third kappa shape index (κ3) is 4.87. The molecule has 0 saturated carbocycles. The maximum Gasteiger partial charge on any atom is 0.243 e. The summed E-state index contributed by atoms with van der Waals surface area (Å²) in [4.78, 5) is -0.0852. The number of nitrogens with zero attached hydrogens (tertiary/aromatic N) is 1. The van der Waals surface area contributed by atoms with Crippen molar-refractivity contribution in [2.24, 2.45) is 0 Å². The Balaban J connectivity index is 1.92. The molecule has 0 bridgehead atoms. The van der Waals surface area contributed by atoms with Crippen molar-refractivity contribution in [3.63, 3.8) is 0 Å². The zero-order chi connectivity index (χ0) is 22.8. The molecule has 0 N–H and O–H groups in total. The summed E-state index contributed by atoms with van der Waals surface area (Å²) in [7, 11) is -6.45. The maximum absolute atomic E-state index is 13.9. The standard InChI is InChI=1S/C23H24FNO4S2/c1-17-8-11-20(12-9-17)30(26,27)21-13-10-18(2)23(16-21)31(28,29)25(3)15-14-19-6-4-5-7-22(19)24/h4-13,16H,14-15H2,1-3H3. The first kappa shape index (κ1) is 23.1. The normalized spacial score (nSPS) is 12.3. The minimum absolute atomic E-state index is 0.0532. The minimum Gasteiger partial charge on any atom is -0.219 e. The Morgan fingerprint density at radius 2 is 1.45 bits per heavy atom. The fourth-order valence-electron chi connectivity index (χ4n) is 3.15. The lowest BCUT2D eigenvalue weighted by molar-refractivity contribution is 0.467. The second-order valence-corrected chi connectivity index (χ2v) is 11.4. The van der Waals surface area contributed by atoms with E-state index in [0.717, 1.165) is 9.87 Å². The molecule has 31 heavy (non-hydrogen) atoms. The number of hydrogen-bond donors (Lipinski definition) is 0. The van der Waals surface area contributed by atoms with Gasteiger partial charge in [-0.15, -0.1) is 0 Å². The van der Waals surface area contributed by atoms with Crippen molar-refractivity contribution < 1.29 is 21.2 Å². The van der Waals surface area contributed by atoms with Crippen molar-refractivity contribution in [3.8, 4) is 0 Å². The Kier molecular flexibility index (Phi) is 6.64. The average molecular weight is 462 g/mol. The van der Waals surface area contributed by atoms with E-state index in [1.165, 1.54) is 43.4 Å². The highest BCUT2D eigenvalue weighted by molar-refractivity contribution is 7.91. The molecule has 0 saturated heterocycles. The third-order valence-corrected chi connectivity index (χ3v) is 8.91. The van der Waals surface area contributed by atoms with E-state index in [9.17, 15) is 21.2 Å². The van der Waals surface area contributed by atoms with Gasteiger partial charge < -0.3 is 0 Å². The van der Waals surface area contributed by atoms with Crippen LogP contribution < -0.4 is 0 Å². The molecule has 3 rings (SSSR count). The molecule has 0 aliphatic carbocycles. The SMILES string of the molecule is Cc1ccc(S(=O)(=O)c2ccc(C)c(S(=O)(=O)N(C)CCc3ccccc3F)c2)cc1. The Hall–Kier alpha value is -2.55.